The van der Waals surface area contributed by atoms with Gasteiger partial charge in [-0.3, -0.25) is 14.7 Å². The Morgan fingerprint density at radius 2 is 1.61 bits per heavy atom. The Hall–Kier alpha value is -2.13. The first kappa shape index (κ1) is 27.1. The van der Waals surface area contributed by atoms with Gasteiger partial charge in [0.1, 0.15) is 0 Å². The van der Waals surface area contributed by atoms with Crippen LogP contribution in [0.4, 0.5) is 0 Å². The minimum Gasteiger partial charge on any atom is -0.356 e. The molecular formula is C26H38IN5O. The van der Waals surface area contributed by atoms with Gasteiger partial charge in [0.2, 0.25) is 5.91 Å². The van der Waals surface area contributed by atoms with Crippen molar-refractivity contribution in [1.82, 2.24) is 20.4 Å². The van der Waals surface area contributed by atoms with Crippen molar-refractivity contribution in [3.8, 4) is 0 Å². The molecule has 1 amide bonds. The quantitative estimate of drug-likeness (QED) is 0.275. The molecule has 0 radical (unpaired) electrons. The smallest absolute Gasteiger partial charge is 0.224 e. The maximum Gasteiger partial charge on any atom is 0.224 e. The third kappa shape index (κ3) is 9.71. The molecule has 1 aliphatic rings. The number of hydrogen-bond acceptors (Lipinski definition) is 3. The van der Waals surface area contributed by atoms with E-state index in [1.807, 2.05) is 37.4 Å². The van der Waals surface area contributed by atoms with E-state index in [1.54, 1.807) is 11.9 Å². The van der Waals surface area contributed by atoms with E-state index in [0.717, 1.165) is 12.1 Å². The third-order valence-electron chi connectivity index (χ3n) is 5.88. The maximum atomic E-state index is 12.4. The van der Waals surface area contributed by atoms with Crippen molar-refractivity contribution in [3.05, 3.63) is 71.3 Å². The van der Waals surface area contributed by atoms with Crippen LogP contribution in [-0.4, -0.2) is 55.4 Å². The topological polar surface area (TPSA) is 60.0 Å². The molecule has 0 bridgehead atoms. The zero-order valence-electron chi connectivity index (χ0n) is 19.9. The lowest BCUT2D eigenvalue weighted by atomic mass is 10.1. The van der Waals surface area contributed by atoms with Gasteiger partial charge in [-0.25, -0.2) is 0 Å². The average Bonchev–Trinajstić information content (AvgIpc) is 2.83. The fourth-order valence-corrected chi connectivity index (χ4v) is 3.97. The van der Waals surface area contributed by atoms with E-state index < -0.39 is 0 Å². The summed E-state index contributed by atoms with van der Waals surface area (Å²) < 4.78 is 0. The number of nitrogens with one attached hydrogen (secondary N) is 2. The third-order valence-corrected chi connectivity index (χ3v) is 5.88. The normalized spacial score (nSPS) is 14.3. The number of likely N-dealkylation sites (tertiary alicyclic amines) is 1. The number of piperidine rings is 1. The first-order valence-electron chi connectivity index (χ1n) is 11.7. The predicted molar refractivity (Wildman–Crippen MR) is 147 cm³/mol. The molecule has 1 saturated heterocycles. The lowest BCUT2D eigenvalue weighted by molar-refractivity contribution is -0.130. The number of carbonyl (C=O) groups is 1. The minimum absolute atomic E-state index is 0. The van der Waals surface area contributed by atoms with Crippen molar-refractivity contribution >= 4 is 35.8 Å². The summed E-state index contributed by atoms with van der Waals surface area (Å²) in [5, 5.41) is 6.57. The molecule has 1 aliphatic heterocycles. The highest BCUT2D eigenvalue weighted by Gasteiger charge is 2.11. The molecule has 1 heterocycles. The summed E-state index contributed by atoms with van der Waals surface area (Å²) in [4.78, 5) is 21.0. The number of carbonyl (C=O) groups excluding carboxylic acids is 1. The second-order valence-corrected chi connectivity index (χ2v) is 8.49. The summed E-state index contributed by atoms with van der Waals surface area (Å²) in [5.74, 6) is 0.821. The van der Waals surface area contributed by atoms with Crippen LogP contribution in [-0.2, 0) is 24.4 Å². The summed E-state index contributed by atoms with van der Waals surface area (Å²) in [7, 11) is 3.59. The maximum absolute atomic E-state index is 12.4. The van der Waals surface area contributed by atoms with Crippen molar-refractivity contribution in [2.24, 2.45) is 4.99 Å². The van der Waals surface area contributed by atoms with Gasteiger partial charge in [0, 0.05) is 46.7 Å². The van der Waals surface area contributed by atoms with Gasteiger partial charge >= 0.3 is 0 Å². The zero-order valence-corrected chi connectivity index (χ0v) is 22.3. The number of halogens is 1. The number of benzene rings is 2. The second-order valence-electron chi connectivity index (χ2n) is 8.49. The van der Waals surface area contributed by atoms with Gasteiger partial charge in [0.15, 0.2) is 5.96 Å². The number of amides is 1. The van der Waals surface area contributed by atoms with E-state index in [2.05, 4.69) is 44.8 Å². The van der Waals surface area contributed by atoms with Gasteiger partial charge in [-0.2, -0.15) is 0 Å². The highest BCUT2D eigenvalue weighted by Crippen LogP contribution is 2.13. The van der Waals surface area contributed by atoms with Gasteiger partial charge in [-0.05, 0) is 42.6 Å². The largest absolute Gasteiger partial charge is 0.356 e. The molecule has 0 aromatic heterocycles. The number of hydrogen-bond donors (Lipinski definition) is 2. The number of rotatable bonds is 9. The Kier molecular flexibility index (Phi) is 12.2. The molecule has 6 nitrogen and oxygen atoms in total. The van der Waals surface area contributed by atoms with Crippen LogP contribution >= 0.6 is 24.0 Å². The summed E-state index contributed by atoms with van der Waals surface area (Å²) in [6.07, 6.45) is 4.44. The van der Waals surface area contributed by atoms with E-state index >= 15 is 0 Å². The second kappa shape index (κ2) is 14.9. The highest BCUT2D eigenvalue weighted by molar-refractivity contribution is 14.0. The number of nitrogens with zero attached hydrogens (tertiary/aromatic N) is 3. The van der Waals surface area contributed by atoms with E-state index in [0.29, 0.717) is 32.0 Å². The minimum atomic E-state index is 0. The van der Waals surface area contributed by atoms with Gasteiger partial charge in [-0.1, -0.05) is 61.0 Å². The van der Waals surface area contributed by atoms with Crippen LogP contribution in [0.5, 0.6) is 0 Å². The van der Waals surface area contributed by atoms with Gasteiger partial charge in [0.25, 0.3) is 0 Å². The van der Waals surface area contributed by atoms with Gasteiger partial charge in [-0.15, -0.1) is 24.0 Å². The molecular weight excluding hydrogens is 525 g/mol. The molecule has 1 fully saturated rings. The Morgan fingerprint density at radius 3 is 2.27 bits per heavy atom. The van der Waals surface area contributed by atoms with Crippen molar-refractivity contribution < 1.29 is 4.79 Å². The van der Waals surface area contributed by atoms with Crippen LogP contribution in [0.25, 0.3) is 0 Å². The average molecular weight is 564 g/mol. The Balaban J connectivity index is 0.00000385. The molecule has 180 valence electrons. The van der Waals surface area contributed by atoms with Crippen LogP contribution in [0.1, 0.15) is 42.4 Å². The van der Waals surface area contributed by atoms with Gasteiger partial charge < -0.3 is 15.5 Å². The summed E-state index contributed by atoms with van der Waals surface area (Å²) in [6, 6.07) is 18.9. The first-order valence-corrected chi connectivity index (χ1v) is 11.7. The molecule has 7 heteroatoms. The molecule has 0 atom stereocenters. The lowest BCUT2D eigenvalue weighted by Crippen LogP contribution is -2.39. The van der Waals surface area contributed by atoms with E-state index in [9.17, 15) is 4.79 Å². The summed E-state index contributed by atoms with van der Waals surface area (Å²) >= 11 is 0. The molecule has 0 saturated carbocycles. The van der Waals surface area contributed by atoms with Crippen molar-refractivity contribution in [3.63, 3.8) is 0 Å². The summed E-state index contributed by atoms with van der Waals surface area (Å²) in [6.45, 7) is 5.35. The van der Waals surface area contributed by atoms with Crippen LogP contribution in [0.2, 0.25) is 0 Å². The number of aliphatic imine (C=N–C) groups is 1. The molecule has 3 rings (SSSR count). The van der Waals surface area contributed by atoms with Crippen LogP contribution in [0.3, 0.4) is 0 Å². The number of guanidine groups is 1. The predicted octanol–water partition coefficient (Wildman–Crippen LogP) is 4.00. The molecule has 0 unspecified atom stereocenters. The Morgan fingerprint density at radius 1 is 0.939 bits per heavy atom. The summed E-state index contributed by atoms with van der Waals surface area (Å²) in [5.41, 5.74) is 3.72. The standard InChI is InChI=1S/C26H37N5O.HI/c1-27-26(28-16-15-25(32)30(2)20-23-9-5-3-6-10-23)29-19-22-11-13-24(14-12-22)21-31-17-7-4-8-18-31;/h3,5-6,9-14H,4,7-8,15-21H2,1-2H3,(H2,27,28,29);1H. The first-order chi connectivity index (χ1) is 15.6. The van der Waals surface area contributed by atoms with Crippen molar-refractivity contribution in [1.29, 1.82) is 0 Å². The van der Waals surface area contributed by atoms with E-state index in [-0.39, 0.29) is 29.9 Å². The fraction of sp³-hybridized carbons (Fsp3) is 0.462. The molecule has 0 aliphatic carbocycles. The lowest BCUT2D eigenvalue weighted by Gasteiger charge is -2.26. The van der Waals surface area contributed by atoms with Crippen molar-refractivity contribution in [2.75, 3.05) is 33.7 Å². The monoisotopic (exact) mass is 563 g/mol. The van der Waals surface area contributed by atoms with Crippen LogP contribution in [0, 0.1) is 0 Å². The Bertz CT molecular complexity index is 851. The van der Waals surface area contributed by atoms with Gasteiger partial charge in [0.05, 0.1) is 0 Å². The Labute approximate surface area is 215 Å². The highest BCUT2D eigenvalue weighted by atomic mass is 127. The zero-order chi connectivity index (χ0) is 22.6. The van der Waals surface area contributed by atoms with E-state index in [1.165, 1.54) is 43.5 Å². The van der Waals surface area contributed by atoms with E-state index in [4.69, 9.17) is 0 Å². The fourth-order valence-electron chi connectivity index (χ4n) is 3.97. The molecule has 33 heavy (non-hydrogen) atoms. The van der Waals surface area contributed by atoms with Crippen LogP contribution in [0.15, 0.2) is 59.6 Å². The molecule has 2 aromatic rings. The molecule has 0 spiro atoms. The van der Waals surface area contributed by atoms with Crippen LogP contribution < -0.4 is 10.6 Å². The van der Waals surface area contributed by atoms with Crippen molar-refractivity contribution in [2.45, 2.75) is 45.3 Å². The molecule has 2 aromatic carbocycles. The SMILES string of the molecule is CN=C(NCCC(=O)N(C)Cc1ccccc1)NCc1ccc(CN2CCCCC2)cc1.I. The molecule has 2 N–H and O–H groups in total.